The summed E-state index contributed by atoms with van der Waals surface area (Å²) < 4.78 is 0. The van der Waals surface area contributed by atoms with Crippen LogP contribution in [0.2, 0.25) is 0 Å². The maximum absolute atomic E-state index is 11.5. The zero-order valence-electron chi connectivity index (χ0n) is 12.8. The minimum Gasteiger partial charge on any atom is -0.507 e. The molecule has 0 aliphatic rings. The second-order valence-corrected chi connectivity index (χ2v) is 5.44. The molecule has 1 amide bonds. The number of fused-ring (bicyclic) bond motifs is 1. The van der Waals surface area contributed by atoms with E-state index in [-0.39, 0.29) is 11.9 Å². The number of nitrogens with one attached hydrogen (secondary N) is 1. The van der Waals surface area contributed by atoms with Gasteiger partial charge in [-0.05, 0) is 12.3 Å². The SMILES string of the molecule is CC(NCCC(=O)N(C)C)c1ccc2ccccc2c1O. The van der Waals surface area contributed by atoms with Crippen molar-refractivity contribution in [1.82, 2.24) is 10.2 Å². The number of rotatable bonds is 5. The Labute approximate surface area is 125 Å². The summed E-state index contributed by atoms with van der Waals surface area (Å²) >= 11 is 0. The van der Waals surface area contributed by atoms with E-state index < -0.39 is 0 Å². The van der Waals surface area contributed by atoms with Crippen LogP contribution in [0.3, 0.4) is 0 Å². The largest absolute Gasteiger partial charge is 0.507 e. The Morgan fingerprint density at radius 3 is 2.67 bits per heavy atom. The molecule has 2 rings (SSSR count). The van der Waals surface area contributed by atoms with Crippen LogP contribution in [0, 0.1) is 0 Å². The lowest BCUT2D eigenvalue weighted by molar-refractivity contribution is -0.128. The Morgan fingerprint density at radius 1 is 1.24 bits per heavy atom. The molecule has 2 N–H and O–H groups in total. The van der Waals surface area contributed by atoms with Crippen LogP contribution in [0.15, 0.2) is 36.4 Å². The van der Waals surface area contributed by atoms with Crippen molar-refractivity contribution in [3.05, 3.63) is 42.0 Å². The van der Waals surface area contributed by atoms with Crippen LogP contribution < -0.4 is 5.32 Å². The molecule has 1 atom stereocenters. The third kappa shape index (κ3) is 3.52. The first-order chi connectivity index (χ1) is 10.0. The molecule has 0 bridgehead atoms. The lowest BCUT2D eigenvalue weighted by Gasteiger charge is -2.17. The van der Waals surface area contributed by atoms with E-state index in [1.165, 1.54) is 0 Å². The highest BCUT2D eigenvalue weighted by Gasteiger charge is 2.13. The summed E-state index contributed by atoms with van der Waals surface area (Å²) in [6.07, 6.45) is 0.450. The number of phenolic OH excluding ortho intramolecular Hbond substituents is 1. The van der Waals surface area contributed by atoms with Crippen molar-refractivity contribution in [3.63, 3.8) is 0 Å². The number of benzene rings is 2. The van der Waals surface area contributed by atoms with E-state index in [1.54, 1.807) is 19.0 Å². The Hall–Kier alpha value is -2.07. The zero-order valence-corrected chi connectivity index (χ0v) is 12.8. The van der Waals surface area contributed by atoms with Gasteiger partial charge in [-0.1, -0.05) is 36.4 Å². The monoisotopic (exact) mass is 286 g/mol. The molecular weight excluding hydrogens is 264 g/mol. The van der Waals surface area contributed by atoms with Gasteiger partial charge in [0.15, 0.2) is 0 Å². The third-order valence-electron chi connectivity index (χ3n) is 3.69. The molecule has 4 heteroatoms. The molecule has 2 aromatic carbocycles. The highest BCUT2D eigenvalue weighted by Crippen LogP contribution is 2.32. The fourth-order valence-electron chi connectivity index (χ4n) is 2.35. The smallest absolute Gasteiger partial charge is 0.223 e. The number of hydrogen-bond acceptors (Lipinski definition) is 3. The summed E-state index contributed by atoms with van der Waals surface area (Å²) in [5.74, 6) is 0.407. The summed E-state index contributed by atoms with van der Waals surface area (Å²) in [7, 11) is 3.50. The fraction of sp³-hybridized carbons (Fsp3) is 0.353. The summed E-state index contributed by atoms with van der Waals surface area (Å²) in [5.41, 5.74) is 0.853. The standard InChI is InChI=1S/C17H22N2O2/c1-12(18-11-10-16(20)19(2)3)14-9-8-13-6-4-5-7-15(13)17(14)21/h4-9,12,18,21H,10-11H2,1-3H3. The van der Waals surface area contributed by atoms with Gasteiger partial charge in [0.1, 0.15) is 5.75 Å². The quantitative estimate of drug-likeness (QED) is 0.888. The minimum absolute atomic E-state index is 0.00966. The van der Waals surface area contributed by atoms with Crippen LogP contribution >= 0.6 is 0 Å². The van der Waals surface area contributed by atoms with Gasteiger partial charge in [-0.25, -0.2) is 0 Å². The van der Waals surface area contributed by atoms with E-state index in [2.05, 4.69) is 5.32 Å². The van der Waals surface area contributed by atoms with Gasteiger partial charge in [0.05, 0.1) is 0 Å². The van der Waals surface area contributed by atoms with E-state index in [1.807, 2.05) is 43.3 Å². The van der Waals surface area contributed by atoms with Gasteiger partial charge in [0.2, 0.25) is 5.91 Å². The van der Waals surface area contributed by atoms with Crippen molar-refractivity contribution in [1.29, 1.82) is 0 Å². The normalized spacial score (nSPS) is 12.3. The van der Waals surface area contributed by atoms with Gasteiger partial charge < -0.3 is 15.3 Å². The van der Waals surface area contributed by atoms with Crippen molar-refractivity contribution < 1.29 is 9.90 Å². The maximum Gasteiger partial charge on any atom is 0.223 e. The molecule has 2 aromatic rings. The molecule has 0 heterocycles. The first-order valence-corrected chi connectivity index (χ1v) is 7.15. The van der Waals surface area contributed by atoms with Crippen LogP contribution in [-0.2, 0) is 4.79 Å². The van der Waals surface area contributed by atoms with Gasteiger partial charge in [-0.15, -0.1) is 0 Å². The topological polar surface area (TPSA) is 52.6 Å². The number of phenols is 1. The lowest BCUT2D eigenvalue weighted by atomic mass is 10.0. The van der Waals surface area contributed by atoms with Gasteiger partial charge in [0, 0.05) is 44.1 Å². The third-order valence-corrected chi connectivity index (χ3v) is 3.69. The Kier molecular flexibility index (Phi) is 4.81. The number of carbonyl (C=O) groups is 1. The number of hydrogen-bond donors (Lipinski definition) is 2. The molecule has 4 nitrogen and oxygen atoms in total. The lowest BCUT2D eigenvalue weighted by Crippen LogP contribution is -2.28. The van der Waals surface area contributed by atoms with Crippen molar-refractivity contribution >= 4 is 16.7 Å². The van der Waals surface area contributed by atoms with E-state index in [0.29, 0.717) is 18.7 Å². The molecule has 0 spiro atoms. The minimum atomic E-state index is -0.00966. The predicted molar refractivity (Wildman–Crippen MR) is 85.3 cm³/mol. The second-order valence-electron chi connectivity index (χ2n) is 5.44. The number of nitrogens with zero attached hydrogens (tertiary/aromatic N) is 1. The van der Waals surface area contributed by atoms with Crippen LogP contribution in [0.5, 0.6) is 5.75 Å². The van der Waals surface area contributed by atoms with Gasteiger partial charge in [-0.2, -0.15) is 0 Å². The molecule has 0 aromatic heterocycles. The summed E-state index contributed by atoms with van der Waals surface area (Å²) in [4.78, 5) is 13.1. The number of carbonyl (C=O) groups excluding carboxylic acids is 1. The molecule has 21 heavy (non-hydrogen) atoms. The first-order valence-electron chi connectivity index (χ1n) is 7.15. The molecule has 0 fully saturated rings. The fourth-order valence-corrected chi connectivity index (χ4v) is 2.35. The van der Waals surface area contributed by atoms with Crippen LogP contribution in [-0.4, -0.2) is 36.6 Å². The van der Waals surface area contributed by atoms with Crippen molar-refractivity contribution in [3.8, 4) is 5.75 Å². The van der Waals surface area contributed by atoms with E-state index in [4.69, 9.17) is 0 Å². The average Bonchev–Trinajstić information content (AvgIpc) is 2.47. The first kappa shape index (κ1) is 15.3. The molecule has 0 aliphatic heterocycles. The van der Waals surface area contributed by atoms with Crippen molar-refractivity contribution in [2.75, 3.05) is 20.6 Å². The average molecular weight is 286 g/mol. The second kappa shape index (κ2) is 6.59. The maximum atomic E-state index is 11.5. The molecule has 0 aliphatic carbocycles. The van der Waals surface area contributed by atoms with Crippen LogP contribution in [0.1, 0.15) is 24.9 Å². The summed E-state index contributed by atoms with van der Waals surface area (Å²) in [6.45, 7) is 2.58. The van der Waals surface area contributed by atoms with Crippen LogP contribution in [0.25, 0.3) is 10.8 Å². The van der Waals surface area contributed by atoms with Crippen molar-refractivity contribution in [2.24, 2.45) is 0 Å². The zero-order chi connectivity index (χ0) is 15.4. The van der Waals surface area contributed by atoms with E-state index in [0.717, 1.165) is 16.3 Å². The Balaban J connectivity index is 2.07. The summed E-state index contributed by atoms with van der Waals surface area (Å²) in [5, 5.41) is 15.6. The Morgan fingerprint density at radius 2 is 1.95 bits per heavy atom. The van der Waals surface area contributed by atoms with Gasteiger partial charge in [-0.3, -0.25) is 4.79 Å². The highest BCUT2D eigenvalue weighted by molar-refractivity contribution is 5.89. The van der Waals surface area contributed by atoms with Crippen LogP contribution in [0.4, 0.5) is 0 Å². The molecule has 0 radical (unpaired) electrons. The summed E-state index contributed by atoms with van der Waals surface area (Å²) in [6, 6.07) is 11.7. The van der Waals surface area contributed by atoms with Gasteiger partial charge in [0.25, 0.3) is 0 Å². The predicted octanol–water partition coefficient (Wildman–Crippen LogP) is 2.67. The van der Waals surface area contributed by atoms with E-state index in [9.17, 15) is 9.90 Å². The number of aromatic hydroxyl groups is 1. The molecule has 0 saturated heterocycles. The van der Waals surface area contributed by atoms with Crippen molar-refractivity contribution in [2.45, 2.75) is 19.4 Å². The molecule has 112 valence electrons. The Bertz CT molecular complexity index is 638. The number of amides is 1. The van der Waals surface area contributed by atoms with Gasteiger partial charge >= 0.3 is 0 Å². The molecule has 1 unspecified atom stereocenters. The molecule has 0 saturated carbocycles. The molecular formula is C17H22N2O2. The highest BCUT2D eigenvalue weighted by atomic mass is 16.3. The van der Waals surface area contributed by atoms with E-state index >= 15 is 0 Å².